The summed E-state index contributed by atoms with van der Waals surface area (Å²) in [5.41, 5.74) is 1.86. The molecule has 0 fully saturated rings. The first kappa shape index (κ1) is 30.0. The zero-order valence-corrected chi connectivity index (χ0v) is 22.6. The van der Waals surface area contributed by atoms with Crippen molar-refractivity contribution in [3.8, 4) is 5.75 Å². The van der Waals surface area contributed by atoms with Crippen molar-refractivity contribution in [3.63, 3.8) is 0 Å². The number of alkyl halides is 3. The largest absolute Gasteiger partial charge is 0.496 e. The van der Waals surface area contributed by atoms with Crippen molar-refractivity contribution in [2.24, 2.45) is 5.92 Å². The smallest absolute Gasteiger partial charge is 0.416 e. The van der Waals surface area contributed by atoms with Crippen molar-refractivity contribution in [2.75, 3.05) is 33.9 Å². The van der Waals surface area contributed by atoms with Crippen LogP contribution in [0.4, 0.5) is 13.2 Å². The van der Waals surface area contributed by atoms with Gasteiger partial charge in [-0.2, -0.15) is 13.2 Å². The molecule has 1 aliphatic carbocycles. The van der Waals surface area contributed by atoms with E-state index in [-0.39, 0.29) is 38.6 Å². The fourth-order valence-electron chi connectivity index (χ4n) is 4.75. The van der Waals surface area contributed by atoms with Gasteiger partial charge in [-0.05, 0) is 41.7 Å². The predicted octanol–water partition coefficient (Wildman–Crippen LogP) is 5.62. The maximum Gasteiger partial charge on any atom is 0.416 e. The van der Waals surface area contributed by atoms with Crippen LogP contribution in [0.25, 0.3) is 0 Å². The Labute approximate surface area is 227 Å². The number of esters is 1. The Balaban J connectivity index is 1.91. The molecule has 2 unspecified atom stereocenters. The number of likely N-dealkylation sites (N-methyl/N-ethyl adjacent to an activating group) is 1. The van der Waals surface area contributed by atoms with Crippen LogP contribution >= 0.6 is 0 Å². The van der Waals surface area contributed by atoms with Gasteiger partial charge in [0, 0.05) is 24.6 Å². The summed E-state index contributed by atoms with van der Waals surface area (Å²) in [5, 5.41) is 0. The van der Waals surface area contributed by atoms with Gasteiger partial charge in [-0.15, -0.1) is 0 Å². The predicted molar refractivity (Wildman–Crippen MR) is 141 cm³/mol. The highest BCUT2D eigenvalue weighted by Crippen LogP contribution is 2.45. The van der Waals surface area contributed by atoms with E-state index >= 15 is 0 Å². The number of carbonyl (C=O) groups excluding carboxylic acids is 2. The lowest BCUT2D eigenvalue weighted by atomic mass is 9.75. The molecule has 0 aromatic heterocycles. The monoisotopic (exact) mass is 545 g/mol. The third kappa shape index (κ3) is 7.95. The minimum atomic E-state index is -4.54. The second kappa shape index (κ2) is 13.5. The first-order valence-corrected chi connectivity index (χ1v) is 12.7. The van der Waals surface area contributed by atoms with E-state index in [1.807, 2.05) is 30.3 Å². The van der Waals surface area contributed by atoms with Crippen molar-refractivity contribution in [1.29, 1.82) is 0 Å². The van der Waals surface area contributed by atoms with Gasteiger partial charge in [-0.3, -0.25) is 9.59 Å². The molecule has 0 saturated heterocycles. The van der Waals surface area contributed by atoms with E-state index in [2.05, 4.69) is 0 Å². The van der Waals surface area contributed by atoms with Gasteiger partial charge in [0.05, 0.1) is 32.8 Å². The van der Waals surface area contributed by atoms with E-state index in [0.29, 0.717) is 22.4 Å². The molecule has 6 nitrogen and oxygen atoms in total. The number of ether oxygens (including phenoxy) is 3. The zero-order chi connectivity index (χ0) is 28.6. The Bertz CT molecular complexity index is 1210. The number of methoxy groups -OCH3 is 2. The summed E-state index contributed by atoms with van der Waals surface area (Å²) in [4.78, 5) is 26.4. The quantitative estimate of drug-likeness (QED) is 0.343. The highest BCUT2D eigenvalue weighted by atomic mass is 19.4. The van der Waals surface area contributed by atoms with Crippen molar-refractivity contribution in [3.05, 3.63) is 88.5 Å². The fourth-order valence-corrected chi connectivity index (χ4v) is 4.75. The number of allylic oxidation sites excluding steroid dienone is 3. The van der Waals surface area contributed by atoms with Gasteiger partial charge in [-0.1, -0.05) is 55.5 Å². The van der Waals surface area contributed by atoms with E-state index in [9.17, 15) is 22.8 Å². The van der Waals surface area contributed by atoms with Gasteiger partial charge in [0.2, 0.25) is 5.91 Å². The minimum absolute atomic E-state index is 0.00953. The van der Waals surface area contributed by atoms with E-state index in [4.69, 9.17) is 14.2 Å². The number of benzene rings is 2. The fraction of sp³-hybridized carbons (Fsp3) is 0.400. The molecule has 9 heteroatoms. The summed E-state index contributed by atoms with van der Waals surface area (Å²) in [7, 11) is 2.78. The molecule has 39 heavy (non-hydrogen) atoms. The molecular weight excluding hydrogens is 511 g/mol. The normalized spacial score (nSPS) is 17.2. The summed E-state index contributed by atoms with van der Waals surface area (Å²) >= 11 is 0. The molecule has 0 spiro atoms. The van der Waals surface area contributed by atoms with Crippen LogP contribution in [0.5, 0.6) is 5.75 Å². The van der Waals surface area contributed by atoms with E-state index in [1.54, 1.807) is 32.0 Å². The molecule has 0 radical (unpaired) electrons. The molecule has 0 heterocycles. The molecule has 1 aliphatic rings. The lowest BCUT2D eigenvalue weighted by Gasteiger charge is -2.34. The van der Waals surface area contributed by atoms with Crippen LogP contribution in [-0.2, 0) is 32.1 Å². The number of hydrogen-bond acceptors (Lipinski definition) is 5. The van der Waals surface area contributed by atoms with E-state index in [0.717, 1.165) is 11.6 Å². The maximum atomic E-state index is 13.8. The van der Waals surface area contributed by atoms with Crippen LogP contribution in [0.15, 0.2) is 71.8 Å². The molecule has 1 amide bonds. The van der Waals surface area contributed by atoms with E-state index in [1.165, 1.54) is 25.2 Å². The van der Waals surface area contributed by atoms with Gasteiger partial charge < -0.3 is 19.1 Å². The zero-order valence-electron chi connectivity index (χ0n) is 22.6. The average Bonchev–Trinajstić information content (AvgIpc) is 2.91. The molecule has 0 bridgehead atoms. The van der Waals surface area contributed by atoms with Gasteiger partial charge in [-0.25, -0.2) is 0 Å². The van der Waals surface area contributed by atoms with Gasteiger partial charge in [0.1, 0.15) is 12.4 Å². The topological polar surface area (TPSA) is 65.1 Å². The maximum absolute atomic E-state index is 13.8. The SMILES string of the molecule is CCN(CC1=CC(C(F)(F)F)=CC(C)C1c1cc(CC(=O)OC)ccc1OC)C(=O)COCc1ccccc1. The van der Waals surface area contributed by atoms with Crippen LogP contribution in [0.3, 0.4) is 0 Å². The van der Waals surface area contributed by atoms with E-state index < -0.39 is 29.6 Å². The molecule has 2 aromatic carbocycles. The Morgan fingerprint density at radius 1 is 1.03 bits per heavy atom. The second-order valence-electron chi connectivity index (χ2n) is 9.39. The van der Waals surface area contributed by atoms with Gasteiger partial charge >= 0.3 is 12.1 Å². The molecule has 0 N–H and O–H groups in total. The lowest BCUT2D eigenvalue weighted by molar-refractivity contribution is -0.140. The summed E-state index contributed by atoms with van der Waals surface area (Å²) in [5.74, 6) is -1.36. The molecule has 0 aliphatic heterocycles. The number of carbonyl (C=O) groups is 2. The summed E-state index contributed by atoms with van der Waals surface area (Å²) in [6.07, 6.45) is -2.21. The molecule has 3 rings (SSSR count). The number of nitrogens with zero attached hydrogens (tertiary/aromatic N) is 1. The number of rotatable bonds is 11. The van der Waals surface area contributed by atoms with Crippen LogP contribution in [-0.4, -0.2) is 56.9 Å². The average molecular weight is 546 g/mol. The Hall–Kier alpha value is -3.59. The third-order valence-electron chi connectivity index (χ3n) is 6.69. The number of halogens is 3. The van der Waals surface area contributed by atoms with Crippen molar-refractivity contribution < 1.29 is 37.0 Å². The minimum Gasteiger partial charge on any atom is -0.496 e. The number of hydrogen-bond donors (Lipinski definition) is 0. The van der Waals surface area contributed by atoms with Crippen molar-refractivity contribution in [1.82, 2.24) is 4.90 Å². The summed E-state index contributed by atoms with van der Waals surface area (Å²) < 4.78 is 57.4. The van der Waals surface area contributed by atoms with Crippen molar-refractivity contribution >= 4 is 11.9 Å². The lowest BCUT2D eigenvalue weighted by Crippen LogP contribution is -2.37. The standard InChI is InChI=1S/C30H34F3NO5/c1-5-34(27(35)19-39-18-21-9-7-6-8-10-21)17-23-16-24(30(31,32)33)13-20(2)29(23)25-14-22(15-28(36)38-4)11-12-26(25)37-3/h6-14,16,20,29H,5,15,17-19H2,1-4H3. The molecule has 210 valence electrons. The van der Waals surface area contributed by atoms with Crippen LogP contribution < -0.4 is 4.74 Å². The number of amides is 1. The van der Waals surface area contributed by atoms with Gasteiger partial charge in [0.25, 0.3) is 0 Å². The Morgan fingerprint density at radius 2 is 1.74 bits per heavy atom. The second-order valence-corrected chi connectivity index (χ2v) is 9.39. The molecule has 0 saturated carbocycles. The Kier molecular flexibility index (Phi) is 10.3. The molecular formula is C30H34F3NO5. The first-order valence-electron chi connectivity index (χ1n) is 12.7. The van der Waals surface area contributed by atoms with Crippen LogP contribution in [0.2, 0.25) is 0 Å². The van der Waals surface area contributed by atoms with Crippen LogP contribution in [0.1, 0.15) is 36.5 Å². The summed E-state index contributed by atoms with van der Waals surface area (Å²) in [6, 6.07) is 14.6. The third-order valence-corrected chi connectivity index (χ3v) is 6.69. The molecule has 2 atom stereocenters. The van der Waals surface area contributed by atoms with Crippen molar-refractivity contribution in [2.45, 2.75) is 39.0 Å². The highest BCUT2D eigenvalue weighted by molar-refractivity contribution is 5.78. The summed E-state index contributed by atoms with van der Waals surface area (Å²) in [6.45, 7) is 3.80. The van der Waals surface area contributed by atoms with Gasteiger partial charge in [0.15, 0.2) is 0 Å². The molecule has 2 aromatic rings. The highest BCUT2D eigenvalue weighted by Gasteiger charge is 2.39. The van der Waals surface area contributed by atoms with Crippen LogP contribution in [0, 0.1) is 5.92 Å². The Morgan fingerprint density at radius 3 is 2.36 bits per heavy atom. The first-order chi connectivity index (χ1) is 18.6.